The van der Waals surface area contributed by atoms with E-state index in [2.05, 4.69) is 25.9 Å². The molecule has 0 amide bonds. The second kappa shape index (κ2) is 14.6. The lowest BCUT2D eigenvalue weighted by molar-refractivity contribution is -0.138. The maximum absolute atomic E-state index is 12.9. The Morgan fingerprint density at radius 1 is 0.837 bits per heavy atom. The van der Waals surface area contributed by atoms with Crippen LogP contribution < -0.4 is 20.7 Å². The molecule has 0 bridgehead atoms. The van der Waals surface area contributed by atoms with Gasteiger partial charge in [-0.15, -0.1) is 24.0 Å². The number of guanidine groups is 1. The molecule has 6 nitrogen and oxygen atoms in total. The molecule has 0 fully saturated rings. The number of alkyl halides is 6. The van der Waals surface area contributed by atoms with Crippen molar-refractivity contribution in [1.82, 2.24) is 5.32 Å². The lowest BCUT2D eigenvalue weighted by atomic mass is 10.0. The molecular formula is C29H30F6IN5OS. The zero-order valence-electron chi connectivity index (χ0n) is 23.3. The Hall–Kier alpha value is -3.14. The fraction of sp³-hybridized carbons (Fsp3) is 0.310. The van der Waals surface area contributed by atoms with E-state index in [0.717, 1.165) is 41.1 Å². The van der Waals surface area contributed by atoms with Gasteiger partial charge in [0.05, 0.1) is 29.8 Å². The van der Waals surface area contributed by atoms with Gasteiger partial charge in [-0.2, -0.15) is 26.3 Å². The minimum atomic E-state index is -4.37. The molecular weight excluding hydrogens is 707 g/mol. The number of fused-ring (bicyclic) bond motifs is 2. The van der Waals surface area contributed by atoms with Crippen LogP contribution in [-0.2, 0) is 12.4 Å². The average molecular weight is 738 g/mol. The zero-order chi connectivity index (χ0) is 30.5. The first-order chi connectivity index (χ1) is 19.8. The van der Waals surface area contributed by atoms with Gasteiger partial charge in [-0.3, -0.25) is 4.99 Å². The largest absolute Gasteiger partial charge is 0.492 e. The number of anilines is 2. The third-order valence-corrected chi connectivity index (χ3v) is 7.00. The maximum Gasteiger partial charge on any atom is 0.416 e. The second-order valence-corrected chi connectivity index (χ2v) is 10.2. The average Bonchev–Trinajstić information content (AvgIpc) is 2.94. The molecule has 3 aromatic carbocycles. The Morgan fingerprint density at radius 2 is 1.42 bits per heavy atom. The number of halogens is 7. The number of hydrogen-bond donors (Lipinski definition) is 3. The van der Waals surface area contributed by atoms with E-state index >= 15 is 0 Å². The molecule has 0 saturated carbocycles. The Labute approximate surface area is 266 Å². The van der Waals surface area contributed by atoms with Crippen molar-refractivity contribution < 1.29 is 31.1 Å². The molecule has 2 atom stereocenters. The van der Waals surface area contributed by atoms with Crippen LogP contribution in [0.5, 0.6) is 5.75 Å². The van der Waals surface area contributed by atoms with Gasteiger partial charge in [-0.25, -0.2) is 4.99 Å². The third-order valence-electron chi connectivity index (χ3n) is 6.40. The van der Waals surface area contributed by atoms with Crippen molar-refractivity contribution >= 4 is 58.2 Å². The van der Waals surface area contributed by atoms with Crippen LogP contribution in [0.25, 0.3) is 0 Å². The summed E-state index contributed by atoms with van der Waals surface area (Å²) in [5, 5.41) is 9.60. The quantitative estimate of drug-likeness (QED) is 0.142. The van der Waals surface area contributed by atoms with Gasteiger partial charge in [0.15, 0.2) is 11.1 Å². The number of hydrogen-bond acceptors (Lipinski definition) is 5. The summed E-state index contributed by atoms with van der Waals surface area (Å²) in [6, 6.07) is 16.5. The standard InChI is InChI=1S/C18H18F3N3O.C11H11F3N2S.HI/c1-12-15-8-7-13(18(19,20)21)11-16(15)24-17(23-12)22-9-10-25-14-5-3-2-4-6-14;1-6-8-4-3-7(11(12,13)14)5-9(8)16-10(15-6)17-2;/h2-8,11-12H,9-10H2,1H3,(H2,22,23,24);3-6H,1-2H3,(H,15,16);1H. The van der Waals surface area contributed by atoms with Gasteiger partial charge in [0, 0.05) is 11.4 Å². The summed E-state index contributed by atoms with van der Waals surface area (Å²) in [7, 11) is 0. The molecule has 0 radical (unpaired) electrons. The highest BCUT2D eigenvalue weighted by Crippen LogP contribution is 2.37. The lowest BCUT2D eigenvalue weighted by Crippen LogP contribution is -2.38. The van der Waals surface area contributed by atoms with Gasteiger partial charge in [0.25, 0.3) is 0 Å². The molecule has 43 heavy (non-hydrogen) atoms. The first-order valence-corrected chi connectivity index (χ1v) is 14.1. The summed E-state index contributed by atoms with van der Waals surface area (Å²) in [5.74, 6) is 1.19. The monoisotopic (exact) mass is 737 g/mol. The van der Waals surface area contributed by atoms with Crippen molar-refractivity contribution in [3.05, 3.63) is 89.0 Å². The third kappa shape index (κ3) is 9.17. The van der Waals surface area contributed by atoms with Gasteiger partial charge in [-0.1, -0.05) is 42.1 Å². The van der Waals surface area contributed by atoms with E-state index in [0.29, 0.717) is 35.7 Å². The molecule has 0 aromatic heterocycles. The van der Waals surface area contributed by atoms with Crippen LogP contribution >= 0.6 is 35.7 Å². The van der Waals surface area contributed by atoms with Crippen LogP contribution in [-0.4, -0.2) is 30.5 Å². The lowest BCUT2D eigenvalue weighted by Gasteiger charge is -2.28. The van der Waals surface area contributed by atoms with Gasteiger partial charge in [0.1, 0.15) is 12.4 Å². The molecule has 2 aliphatic rings. The van der Waals surface area contributed by atoms with Gasteiger partial charge >= 0.3 is 12.4 Å². The van der Waals surface area contributed by atoms with Crippen LogP contribution in [0.4, 0.5) is 37.7 Å². The SMILES string of the molecule is CC1NC(=NCCOc2ccccc2)Nc2cc(C(F)(F)F)ccc21.CSC1=NC(C)c2ccc(C(F)(F)F)cc2N1.I. The fourth-order valence-electron chi connectivity index (χ4n) is 4.29. The molecule has 232 valence electrons. The Morgan fingerprint density at radius 3 is 2.00 bits per heavy atom. The molecule has 2 heterocycles. The van der Waals surface area contributed by atoms with Crippen LogP contribution in [0, 0.1) is 0 Å². The van der Waals surface area contributed by atoms with E-state index in [4.69, 9.17) is 4.74 Å². The Bertz CT molecular complexity index is 1450. The molecule has 0 spiro atoms. The smallest absolute Gasteiger partial charge is 0.416 e. The van der Waals surface area contributed by atoms with Crippen LogP contribution in [0.3, 0.4) is 0 Å². The molecule has 0 aliphatic carbocycles. The summed E-state index contributed by atoms with van der Waals surface area (Å²) in [6.07, 6.45) is -6.85. The number of nitrogens with zero attached hydrogens (tertiary/aromatic N) is 2. The van der Waals surface area contributed by atoms with Crippen LogP contribution in [0.15, 0.2) is 76.7 Å². The zero-order valence-corrected chi connectivity index (χ0v) is 26.5. The van der Waals surface area contributed by atoms with E-state index in [1.807, 2.05) is 50.4 Å². The molecule has 0 saturated heterocycles. The number of nitrogens with one attached hydrogen (secondary N) is 3. The van der Waals surface area contributed by atoms with Crippen molar-refractivity contribution in [2.45, 2.75) is 38.3 Å². The molecule has 5 rings (SSSR count). The number of aliphatic imine (C=N–C) groups is 2. The number of para-hydroxylation sites is 1. The molecule has 3 aromatic rings. The number of rotatable bonds is 4. The highest BCUT2D eigenvalue weighted by Gasteiger charge is 2.33. The summed E-state index contributed by atoms with van der Waals surface area (Å²) < 4.78 is 81.9. The van der Waals surface area contributed by atoms with Crippen LogP contribution in [0.2, 0.25) is 0 Å². The summed E-state index contributed by atoms with van der Waals surface area (Å²) in [5.41, 5.74) is 1.15. The van der Waals surface area contributed by atoms with Gasteiger partial charge in [0.2, 0.25) is 0 Å². The van der Waals surface area contributed by atoms with Crippen molar-refractivity contribution in [1.29, 1.82) is 0 Å². The maximum atomic E-state index is 12.9. The number of benzene rings is 3. The Kier molecular flexibility index (Phi) is 11.6. The number of thioether (sulfide) groups is 1. The van der Waals surface area contributed by atoms with Crippen molar-refractivity contribution in [2.75, 3.05) is 30.0 Å². The van der Waals surface area contributed by atoms with E-state index in [1.54, 1.807) is 0 Å². The minimum Gasteiger partial charge on any atom is -0.492 e. The topological polar surface area (TPSA) is 70.0 Å². The predicted octanol–water partition coefficient (Wildman–Crippen LogP) is 8.75. The molecule has 2 aliphatic heterocycles. The predicted molar refractivity (Wildman–Crippen MR) is 171 cm³/mol. The molecule has 14 heteroatoms. The molecule has 2 unspecified atom stereocenters. The van der Waals surface area contributed by atoms with Crippen molar-refractivity contribution in [3.63, 3.8) is 0 Å². The summed E-state index contributed by atoms with van der Waals surface area (Å²) in [4.78, 5) is 8.65. The van der Waals surface area contributed by atoms with E-state index in [-0.39, 0.29) is 36.1 Å². The minimum absolute atomic E-state index is 0. The Balaban J connectivity index is 0.000000247. The highest BCUT2D eigenvalue weighted by atomic mass is 127. The van der Waals surface area contributed by atoms with E-state index in [1.165, 1.54) is 23.9 Å². The summed E-state index contributed by atoms with van der Waals surface area (Å²) >= 11 is 1.38. The fourth-order valence-corrected chi connectivity index (χ4v) is 4.77. The number of amidine groups is 1. The van der Waals surface area contributed by atoms with Crippen molar-refractivity contribution in [3.8, 4) is 5.75 Å². The second-order valence-electron chi connectivity index (χ2n) is 9.42. The summed E-state index contributed by atoms with van der Waals surface area (Å²) in [6.45, 7) is 4.50. The van der Waals surface area contributed by atoms with Gasteiger partial charge in [-0.05, 0) is 67.6 Å². The first kappa shape index (κ1) is 34.4. The molecule has 3 N–H and O–H groups in total. The number of ether oxygens (including phenoxy) is 1. The van der Waals surface area contributed by atoms with E-state index in [9.17, 15) is 26.3 Å². The van der Waals surface area contributed by atoms with Crippen molar-refractivity contribution in [2.24, 2.45) is 9.98 Å². The first-order valence-electron chi connectivity index (χ1n) is 12.9. The van der Waals surface area contributed by atoms with E-state index < -0.39 is 23.5 Å². The van der Waals surface area contributed by atoms with Gasteiger partial charge < -0.3 is 20.7 Å². The highest BCUT2D eigenvalue weighted by molar-refractivity contribution is 14.0. The normalized spacial score (nSPS) is 18.3. The van der Waals surface area contributed by atoms with Crippen LogP contribution in [0.1, 0.15) is 48.2 Å².